The number of fused-ring (bicyclic) bond motifs is 8. The van der Waals surface area contributed by atoms with Gasteiger partial charge in [0.25, 0.3) is 0 Å². The number of aliphatic imine (C=N–C) groups is 1. The van der Waals surface area contributed by atoms with Crippen LogP contribution in [0.3, 0.4) is 0 Å². The highest BCUT2D eigenvalue weighted by Gasteiger charge is 2.34. The fourth-order valence-electron chi connectivity index (χ4n) is 10.9. The first-order valence-corrected chi connectivity index (χ1v) is 21.6. The second kappa shape index (κ2) is 14.1. The Bertz CT molecular complexity index is 3200. The van der Waals surface area contributed by atoms with Gasteiger partial charge in [-0.25, -0.2) is 0 Å². The van der Waals surface area contributed by atoms with E-state index in [1.807, 2.05) is 0 Å². The molecular weight excluding hydrogens is 725 g/mol. The van der Waals surface area contributed by atoms with Gasteiger partial charge in [-0.3, -0.25) is 4.99 Å². The standard InChI is InChI=1S/C58H44N2/c1-37-51(36-53(38-18-4-2-5-19-38)59-57(37)39-20-6-3-7-21-39)46-32-33-47(44-25-11-10-24-43(44)46)52-35-41-34-40-22-8-9-23-42(40)58(56(41)50-29-13-12-26-45(50)52)60-54-30-16-14-27-48(54)49-28-15-17-31-55(49)60/h2-10,12-24,26-34,36-37,52,57H,11,25,35H2,1H3. The lowest BCUT2D eigenvalue weighted by Gasteiger charge is -2.34. The summed E-state index contributed by atoms with van der Waals surface area (Å²) in [6.07, 6.45) is 10.2. The Balaban J connectivity index is 1.04. The van der Waals surface area contributed by atoms with E-state index < -0.39 is 0 Å². The second-order valence-corrected chi connectivity index (χ2v) is 16.9. The summed E-state index contributed by atoms with van der Waals surface area (Å²) in [5.41, 5.74) is 19.8. The quantitative estimate of drug-likeness (QED) is 0.166. The number of nitrogens with zero attached hydrogens (tertiary/aromatic N) is 2. The van der Waals surface area contributed by atoms with E-state index >= 15 is 0 Å². The van der Waals surface area contributed by atoms with Gasteiger partial charge >= 0.3 is 0 Å². The summed E-state index contributed by atoms with van der Waals surface area (Å²) in [7, 11) is 0. The molecule has 2 heterocycles. The van der Waals surface area contributed by atoms with E-state index in [1.54, 1.807) is 0 Å². The molecule has 0 N–H and O–H groups in total. The van der Waals surface area contributed by atoms with Crippen molar-refractivity contribution >= 4 is 49.9 Å². The Hall–Kier alpha value is -7.03. The summed E-state index contributed by atoms with van der Waals surface area (Å²) in [6, 6.07) is 65.2. The van der Waals surface area contributed by atoms with Gasteiger partial charge in [0.15, 0.2) is 0 Å². The molecule has 60 heavy (non-hydrogen) atoms. The van der Waals surface area contributed by atoms with Gasteiger partial charge in [-0.15, -0.1) is 0 Å². The van der Waals surface area contributed by atoms with Crippen LogP contribution in [-0.4, -0.2) is 10.3 Å². The Morgan fingerprint density at radius 1 is 0.600 bits per heavy atom. The molecule has 2 heteroatoms. The lowest BCUT2D eigenvalue weighted by atomic mass is 9.71. The van der Waals surface area contributed by atoms with Crippen LogP contribution in [0.25, 0.3) is 61.0 Å². The molecule has 0 bridgehead atoms. The van der Waals surface area contributed by atoms with Gasteiger partial charge in [-0.2, -0.15) is 0 Å². The van der Waals surface area contributed by atoms with Crippen LogP contribution >= 0.6 is 0 Å². The van der Waals surface area contributed by atoms with Gasteiger partial charge in [0.2, 0.25) is 0 Å². The number of allylic oxidation sites excluding steroid dienone is 2. The molecule has 8 aromatic carbocycles. The number of hydrogen-bond donors (Lipinski definition) is 0. The molecule has 0 amide bonds. The summed E-state index contributed by atoms with van der Waals surface area (Å²) < 4.78 is 2.55. The first-order chi connectivity index (χ1) is 29.7. The lowest BCUT2D eigenvalue weighted by molar-refractivity contribution is 0.579. The maximum Gasteiger partial charge on any atom is 0.0822 e. The molecule has 12 rings (SSSR count). The average Bonchev–Trinajstić information content (AvgIpc) is 3.65. The molecular formula is C58H44N2. The fourth-order valence-corrected chi connectivity index (χ4v) is 10.9. The van der Waals surface area contributed by atoms with Crippen LogP contribution in [0.5, 0.6) is 0 Å². The van der Waals surface area contributed by atoms with Crippen molar-refractivity contribution in [2.24, 2.45) is 10.9 Å². The summed E-state index contributed by atoms with van der Waals surface area (Å²) in [4.78, 5) is 5.43. The van der Waals surface area contributed by atoms with Crippen molar-refractivity contribution in [1.29, 1.82) is 0 Å². The molecule has 0 saturated carbocycles. The van der Waals surface area contributed by atoms with E-state index in [1.165, 1.54) is 93.9 Å². The number of benzene rings is 8. The molecule has 286 valence electrons. The van der Waals surface area contributed by atoms with Crippen molar-refractivity contribution in [3.8, 4) is 16.8 Å². The van der Waals surface area contributed by atoms with Crippen LogP contribution in [0.2, 0.25) is 0 Å². The van der Waals surface area contributed by atoms with Crippen LogP contribution in [0.4, 0.5) is 0 Å². The first kappa shape index (κ1) is 35.0. The molecule has 0 spiro atoms. The van der Waals surface area contributed by atoms with Gasteiger partial charge in [0, 0.05) is 33.6 Å². The van der Waals surface area contributed by atoms with Crippen LogP contribution in [0, 0.1) is 5.92 Å². The van der Waals surface area contributed by atoms with E-state index in [0.717, 1.165) is 30.5 Å². The van der Waals surface area contributed by atoms with E-state index in [2.05, 4.69) is 206 Å². The summed E-state index contributed by atoms with van der Waals surface area (Å²) >= 11 is 0. The third kappa shape index (κ3) is 5.44. The maximum absolute atomic E-state index is 5.43. The third-order valence-electron chi connectivity index (χ3n) is 13.6. The van der Waals surface area contributed by atoms with Gasteiger partial charge in [0.05, 0.1) is 28.5 Å². The zero-order chi connectivity index (χ0) is 39.7. The van der Waals surface area contributed by atoms with Crippen molar-refractivity contribution in [2.75, 3.05) is 0 Å². The van der Waals surface area contributed by atoms with Gasteiger partial charge < -0.3 is 4.57 Å². The summed E-state index contributed by atoms with van der Waals surface area (Å²) in [5.74, 6) is 0.436. The van der Waals surface area contributed by atoms with Crippen LogP contribution in [-0.2, 0) is 12.8 Å². The van der Waals surface area contributed by atoms with Crippen LogP contribution in [0.15, 0.2) is 193 Å². The normalized spacial score (nSPS) is 18.2. The fraction of sp³-hybridized carbons (Fsp3) is 0.121. The molecule has 0 fully saturated rings. The van der Waals surface area contributed by atoms with E-state index in [9.17, 15) is 0 Å². The Kier molecular flexibility index (Phi) is 8.20. The zero-order valence-electron chi connectivity index (χ0n) is 33.7. The number of hydrogen-bond acceptors (Lipinski definition) is 1. The van der Waals surface area contributed by atoms with Gasteiger partial charge in [0.1, 0.15) is 0 Å². The minimum Gasteiger partial charge on any atom is -0.308 e. The molecule has 0 radical (unpaired) electrons. The Morgan fingerprint density at radius 2 is 1.27 bits per heavy atom. The van der Waals surface area contributed by atoms with Crippen molar-refractivity contribution in [2.45, 2.75) is 38.1 Å². The van der Waals surface area contributed by atoms with E-state index in [4.69, 9.17) is 4.99 Å². The highest BCUT2D eigenvalue weighted by atomic mass is 15.0. The number of rotatable bonds is 5. The smallest absolute Gasteiger partial charge is 0.0822 e. The first-order valence-electron chi connectivity index (χ1n) is 21.6. The molecule has 0 saturated heterocycles. The Morgan fingerprint density at radius 3 is 2.05 bits per heavy atom. The Labute approximate surface area is 351 Å². The van der Waals surface area contributed by atoms with E-state index in [-0.39, 0.29) is 17.9 Å². The largest absolute Gasteiger partial charge is 0.308 e. The lowest BCUT2D eigenvalue weighted by Crippen LogP contribution is -2.20. The topological polar surface area (TPSA) is 17.3 Å². The van der Waals surface area contributed by atoms with Gasteiger partial charge in [-0.05, 0) is 98.5 Å². The van der Waals surface area contributed by atoms with Crippen molar-refractivity contribution in [1.82, 2.24) is 4.57 Å². The molecule has 3 aliphatic rings. The molecule has 1 aliphatic heterocycles. The molecule has 2 nitrogen and oxygen atoms in total. The summed E-state index contributed by atoms with van der Waals surface area (Å²) in [5, 5.41) is 5.14. The van der Waals surface area contributed by atoms with Crippen molar-refractivity contribution in [3.05, 3.63) is 233 Å². The van der Waals surface area contributed by atoms with Crippen LogP contribution in [0.1, 0.15) is 69.8 Å². The van der Waals surface area contributed by atoms with Crippen molar-refractivity contribution < 1.29 is 0 Å². The number of dihydropyridines is 1. The molecule has 9 aromatic rings. The highest BCUT2D eigenvalue weighted by Crippen LogP contribution is 2.51. The average molecular weight is 769 g/mol. The summed E-state index contributed by atoms with van der Waals surface area (Å²) in [6.45, 7) is 2.37. The monoisotopic (exact) mass is 768 g/mol. The predicted molar refractivity (Wildman–Crippen MR) is 252 cm³/mol. The second-order valence-electron chi connectivity index (χ2n) is 16.9. The minimum atomic E-state index is 0.0320. The zero-order valence-corrected chi connectivity index (χ0v) is 33.7. The molecule has 3 unspecified atom stereocenters. The SMILES string of the molecule is CC1C(c2ccc(C3Cc4cc5ccccc5c(-n5c6ccccc6c6ccccc65)c4-c4ccccc43)c3c2C=CCC3)=CC(c2ccccc2)=NC1c1ccccc1. The van der Waals surface area contributed by atoms with Crippen LogP contribution < -0.4 is 0 Å². The molecule has 3 atom stereocenters. The highest BCUT2D eigenvalue weighted by molar-refractivity contribution is 6.14. The predicted octanol–water partition coefficient (Wildman–Crippen LogP) is 14.5. The van der Waals surface area contributed by atoms with Crippen molar-refractivity contribution in [3.63, 3.8) is 0 Å². The molecule has 1 aromatic heterocycles. The van der Waals surface area contributed by atoms with Gasteiger partial charge in [-0.1, -0.05) is 183 Å². The maximum atomic E-state index is 5.43. The molecule has 2 aliphatic carbocycles. The number of para-hydroxylation sites is 2. The third-order valence-corrected chi connectivity index (χ3v) is 13.6. The minimum absolute atomic E-state index is 0.0320. The van der Waals surface area contributed by atoms with E-state index in [0.29, 0.717) is 0 Å². The number of aromatic nitrogens is 1.